The van der Waals surface area contributed by atoms with Crippen molar-refractivity contribution < 1.29 is 14.8 Å². The Kier molecular flexibility index (Phi) is 3.53. The van der Waals surface area contributed by atoms with E-state index in [1.807, 2.05) is 0 Å². The van der Waals surface area contributed by atoms with Crippen LogP contribution in [0.2, 0.25) is 0 Å². The Morgan fingerprint density at radius 1 is 1.38 bits per heavy atom. The number of aromatic carboxylic acids is 1. The van der Waals surface area contributed by atoms with Gasteiger partial charge in [-0.3, -0.25) is 14.9 Å². The minimum absolute atomic E-state index is 0.0718. The lowest BCUT2D eigenvalue weighted by Crippen LogP contribution is -2.21. The van der Waals surface area contributed by atoms with Crippen molar-refractivity contribution in [1.82, 2.24) is 9.97 Å². The van der Waals surface area contributed by atoms with E-state index < -0.39 is 22.0 Å². The van der Waals surface area contributed by atoms with E-state index in [1.165, 1.54) is 25.1 Å². The number of rotatable bonds is 3. The van der Waals surface area contributed by atoms with E-state index in [-0.39, 0.29) is 17.2 Å². The number of nitrogens with one attached hydrogen (secondary N) is 1. The van der Waals surface area contributed by atoms with Crippen molar-refractivity contribution in [2.75, 3.05) is 0 Å². The van der Waals surface area contributed by atoms with Crippen LogP contribution in [0.25, 0.3) is 11.4 Å². The van der Waals surface area contributed by atoms with Gasteiger partial charge in [0.25, 0.3) is 11.2 Å². The molecule has 0 aliphatic heterocycles. The second-order valence-electron chi connectivity index (χ2n) is 4.44. The molecule has 8 nitrogen and oxygen atoms in total. The van der Waals surface area contributed by atoms with Crippen LogP contribution in [-0.2, 0) is 0 Å². The highest BCUT2D eigenvalue weighted by molar-refractivity contribution is 5.88. The van der Waals surface area contributed by atoms with Crippen molar-refractivity contribution in [3.05, 3.63) is 55.5 Å². The fourth-order valence-corrected chi connectivity index (χ4v) is 1.99. The SMILES string of the molecule is Cc1cc([N+](=O)[O-])ccc1-c1nc(C)c(C(=O)O)c(=O)[nH]1. The average molecular weight is 289 g/mol. The van der Waals surface area contributed by atoms with Crippen molar-refractivity contribution in [2.45, 2.75) is 13.8 Å². The van der Waals surface area contributed by atoms with Gasteiger partial charge in [0.05, 0.1) is 10.6 Å². The number of nitrogens with zero attached hydrogens (tertiary/aromatic N) is 2. The topological polar surface area (TPSA) is 126 Å². The Balaban J connectivity index is 2.61. The van der Waals surface area contributed by atoms with Gasteiger partial charge < -0.3 is 10.1 Å². The highest BCUT2D eigenvalue weighted by Gasteiger charge is 2.17. The van der Waals surface area contributed by atoms with E-state index in [9.17, 15) is 19.7 Å². The van der Waals surface area contributed by atoms with Gasteiger partial charge in [0, 0.05) is 17.7 Å². The molecule has 0 aliphatic rings. The summed E-state index contributed by atoms with van der Waals surface area (Å²) in [6.45, 7) is 3.06. The molecule has 0 unspecified atom stereocenters. The molecule has 1 aromatic heterocycles. The van der Waals surface area contributed by atoms with Gasteiger partial charge in [-0.1, -0.05) is 0 Å². The number of H-pyrrole nitrogens is 1. The quantitative estimate of drug-likeness (QED) is 0.653. The predicted molar refractivity (Wildman–Crippen MR) is 73.4 cm³/mol. The highest BCUT2D eigenvalue weighted by Crippen LogP contribution is 2.24. The Labute approximate surface area is 118 Å². The predicted octanol–water partition coefficient (Wildman–Crippen LogP) is 1.66. The Bertz CT molecular complexity index is 810. The van der Waals surface area contributed by atoms with Crippen molar-refractivity contribution >= 4 is 11.7 Å². The van der Waals surface area contributed by atoms with Crippen LogP contribution < -0.4 is 5.56 Å². The second-order valence-corrected chi connectivity index (χ2v) is 4.44. The maximum Gasteiger partial charge on any atom is 0.343 e. The molecule has 0 aliphatic carbocycles. The van der Waals surface area contributed by atoms with Gasteiger partial charge in [-0.15, -0.1) is 0 Å². The average Bonchev–Trinajstić information content (AvgIpc) is 2.36. The maximum atomic E-state index is 11.8. The van der Waals surface area contributed by atoms with E-state index in [1.54, 1.807) is 6.92 Å². The molecule has 2 aromatic rings. The molecular weight excluding hydrogens is 278 g/mol. The van der Waals surface area contributed by atoms with Crippen molar-refractivity contribution in [3.63, 3.8) is 0 Å². The first-order valence-electron chi connectivity index (χ1n) is 5.91. The molecule has 0 saturated carbocycles. The Hall–Kier alpha value is -3.03. The zero-order chi connectivity index (χ0) is 15.7. The van der Waals surface area contributed by atoms with E-state index in [2.05, 4.69) is 9.97 Å². The molecule has 8 heteroatoms. The smallest absolute Gasteiger partial charge is 0.343 e. The normalized spacial score (nSPS) is 10.4. The number of non-ortho nitro benzene ring substituents is 1. The summed E-state index contributed by atoms with van der Waals surface area (Å²) in [5.74, 6) is -1.18. The minimum Gasteiger partial charge on any atom is -0.477 e. The van der Waals surface area contributed by atoms with Crippen LogP contribution in [0.5, 0.6) is 0 Å². The first-order valence-corrected chi connectivity index (χ1v) is 5.91. The summed E-state index contributed by atoms with van der Waals surface area (Å²) in [7, 11) is 0. The van der Waals surface area contributed by atoms with Crippen LogP contribution >= 0.6 is 0 Å². The van der Waals surface area contributed by atoms with Gasteiger partial charge in [-0.05, 0) is 25.5 Å². The van der Waals surface area contributed by atoms with Crippen molar-refractivity contribution in [1.29, 1.82) is 0 Å². The van der Waals surface area contributed by atoms with Gasteiger partial charge in [-0.2, -0.15) is 0 Å². The number of carboxylic acids is 1. The molecule has 0 bridgehead atoms. The van der Waals surface area contributed by atoms with Gasteiger partial charge in [0.15, 0.2) is 0 Å². The summed E-state index contributed by atoms with van der Waals surface area (Å²) >= 11 is 0. The summed E-state index contributed by atoms with van der Waals surface area (Å²) < 4.78 is 0. The zero-order valence-electron chi connectivity index (χ0n) is 11.2. The molecule has 0 radical (unpaired) electrons. The van der Waals surface area contributed by atoms with Crippen LogP contribution in [0, 0.1) is 24.0 Å². The number of aromatic amines is 1. The molecule has 0 fully saturated rings. The number of carbonyl (C=O) groups is 1. The number of nitro groups is 1. The fraction of sp³-hybridized carbons (Fsp3) is 0.154. The summed E-state index contributed by atoms with van der Waals surface area (Å²) in [6.07, 6.45) is 0. The molecule has 2 rings (SSSR count). The number of hydrogen-bond acceptors (Lipinski definition) is 5. The van der Waals surface area contributed by atoms with E-state index in [4.69, 9.17) is 5.11 Å². The first-order chi connectivity index (χ1) is 9.81. The van der Waals surface area contributed by atoms with Gasteiger partial charge in [0.2, 0.25) is 0 Å². The molecule has 108 valence electrons. The lowest BCUT2D eigenvalue weighted by Gasteiger charge is -2.07. The lowest BCUT2D eigenvalue weighted by molar-refractivity contribution is -0.384. The van der Waals surface area contributed by atoms with Crippen molar-refractivity contribution in [3.8, 4) is 11.4 Å². The molecule has 0 saturated heterocycles. The number of carboxylic acid groups (broad SMARTS) is 1. The monoisotopic (exact) mass is 289 g/mol. The number of nitro benzene ring substituents is 1. The van der Waals surface area contributed by atoms with Crippen LogP contribution in [-0.4, -0.2) is 26.0 Å². The van der Waals surface area contributed by atoms with Crippen LogP contribution in [0.15, 0.2) is 23.0 Å². The molecule has 21 heavy (non-hydrogen) atoms. The number of hydrogen-bond donors (Lipinski definition) is 2. The molecule has 1 heterocycles. The molecule has 1 aromatic carbocycles. The zero-order valence-corrected chi connectivity index (χ0v) is 11.2. The molecule has 0 atom stereocenters. The van der Waals surface area contributed by atoms with E-state index in [0.29, 0.717) is 11.1 Å². The molecule has 2 N–H and O–H groups in total. The molecule has 0 amide bonds. The molecular formula is C13H11N3O5. The second kappa shape index (κ2) is 5.16. The lowest BCUT2D eigenvalue weighted by atomic mass is 10.1. The third kappa shape index (κ3) is 2.64. The first kappa shape index (κ1) is 14.4. The van der Waals surface area contributed by atoms with Crippen LogP contribution in [0.1, 0.15) is 21.6 Å². The van der Waals surface area contributed by atoms with Gasteiger partial charge >= 0.3 is 5.97 Å². The Morgan fingerprint density at radius 2 is 2.05 bits per heavy atom. The maximum absolute atomic E-state index is 11.8. The van der Waals surface area contributed by atoms with Crippen molar-refractivity contribution in [2.24, 2.45) is 0 Å². The summed E-state index contributed by atoms with van der Waals surface area (Å²) in [4.78, 5) is 39.3. The fourth-order valence-electron chi connectivity index (χ4n) is 1.99. The highest BCUT2D eigenvalue weighted by atomic mass is 16.6. The summed E-state index contributed by atoms with van der Waals surface area (Å²) in [6, 6.07) is 4.12. The van der Waals surface area contributed by atoms with Crippen LogP contribution in [0.3, 0.4) is 0 Å². The number of aryl methyl sites for hydroxylation is 2. The standard InChI is InChI=1S/C13H11N3O5/c1-6-5-8(16(20)21)3-4-9(6)11-14-7(2)10(13(18)19)12(17)15-11/h3-5H,1-2H3,(H,18,19)(H,14,15,17). The minimum atomic E-state index is -1.35. The number of benzene rings is 1. The van der Waals surface area contributed by atoms with E-state index >= 15 is 0 Å². The summed E-state index contributed by atoms with van der Waals surface area (Å²) in [5.41, 5.74) is -0.120. The van der Waals surface area contributed by atoms with E-state index in [0.717, 1.165) is 0 Å². The third-order valence-electron chi connectivity index (χ3n) is 2.99. The third-order valence-corrected chi connectivity index (χ3v) is 2.99. The largest absolute Gasteiger partial charge is 0.477 e. The molecule has 0 spiro atoms. The summed E-state index contributed by atoms with van der Waals surface area (Å²) in [5, 5.41) is 19.6. The van der Waals surface area contributed by atoms with Crippen LogP contribution in [0.4, 0.5) is 5.69 Å². The van der Waals surface area contributed by atoms with Gasteiger partial charge in [0.1, 0.15) is 11.4 Å². The van der Waals surface area contributed by atoms with Gasteiger partial charge in [-0.25, -0.2) is 9.78 Å². The Morgan fingerprint density at radius 3 is 2.52 bits per heavy atom. The number of aromatic nitrogens is 2.